The van der Waals surface area contributed by atoms with Crippen LogP contribution in [0.3, 0.4) is 0 Å². The summed E-state index contributed by atoms with van der Waals surface area (Å²) >= 11 is 0. The molecule has 0 radical (unpaired) electrons. The SMILES string of the molecule is C=C(C)C(=O)OCCCc1cc(-c2ccc(-c3ccc(CCCCC)cc3)cc2)cc(CCCOC(=O)C(=C)C)c1OCCC(CO)CO. The highest BCUT2D eigenvalue weighted by Gasteiger charge is 2.16. The first kappa shape index (κ1) is 39.2. The van der Waals surface area contributed by atoms with Crippen molar-refractivity contribution in [2.24, 2.45) is 5.92 Å². The van der Waals surface area contributed by atoms with Gasteiger partial charge in [0.05, 0.1) is 19.8 Å². The molecule has 0 bridgehead atoms. The van der Waals surface area contributed by atoms with Gasteiger partial charge in [0.15, 0.2) is 0 Å². The summed E-state index contributed by atoms with van der Waals surface area (Å²) in [6.45, 7) is 13.3. The average Bonchev–Trinajstić information content (AvgIpc) is 3.11. The van der Waals surface area contributed by atoms with Crippen molar-refractivity contribution in [3.8, 4) is 28.0 Å². The van der Waals surface area contributed by atoms with Crippen LogP contribution in [0.4, 0.5) is 0 Å². The third-order valence-electron chi connectivity index (χ3n) is 8.45. The molecule has 0 aromatic heterocycles. The van der Waals surface area contributed by atoms with Crippen molar-refractivity contribution < 1.29 is 34.0 Å². The van der Waals surface area contributed by atoms with Gasteiger partial charge in [-0.2, -0.15) is 0 Å². The lowest BCUT2D eigenvalue weighted by atomic mass is 9.93. The van der Waals surface area contributed by atoms with Crippen molar-refractivity contribution >= 4 is 11.9 Å². The number of aliphatic hydroxyl groups is 2. The molecular weight excluding hydrogens is 616 g/mol. The summed E-state index contributed by atoms with van der Waals surface area (Å²) in [5.41, 5.74) is 8.40. The van der Waals surface area contributed by atoms with Crippen molar-refractivity contribution in [2.45, 2.75) is 78.6 Å². The molecule has 7 heteroatoms. The molecule has 3 aromatic rings. The first-order valence-corrected chi connectivity index (χ1v) is 17.5. The molecule has 264 valence electrons. The number of unbranched alkanes of at least 4 members (excludes halogenated alkanes) is 2. The molecule has 0 saturated heterocycles. The number of ether oxygens (including phenoxy) is 3. The molecule has 0 saturated carbocycles. The number of aryl methyl sites for hydroxylation is 3. The third kappa shape index (κ3) is 13.0. The third-order valence-corrected chi connectivity index (χ3v) is 8.45. The zero-order valence-corrected chi connectivity index (χ0v) is 29.6. The van der Waals surface area contributed by atoms with Crippen LogP contribution in [0.15, 0.2) is 85.0 Å². The number of aliphatic hydroxyl groups excluding tert-OH is 2. The standard InChI is InChI=1S/C42H54O7/c1-6-7-8-11-32-14-16-34(17-15-32)35-18-20-36(21-19-35)39-26-37(12-9-23-48-41(45)30(2)3)40(47-25-22-33(28-43)29-44)38(27-39)13-10-24-49-42(46)31(4)5/h14-21,26-27,33,43-44H,2,4,6-13,22-25,28-29H2,1,3,5H3. The van der Waals surface area contributed by atoms with E-state index in [0.717, 1.165) is 40.0 Å². The van der Waals surface area contributed by atoms with Gasteiger partial charge in [0.1, 0.15) is 5.75 Å². The lowest BCUT2D eigenvalue weighted by Crippen LogP contribution is -2.16. The number of esters is 2. The van der Waals surface area contributed by atoms with Crippen LogP contribution in [-0.2, 0) is 38.3 Å². The van der Waals surface area contributed by atoms with E-state index < -0.39 is 11.9 Å². The summed E-state index contributed by atoms with van der Waals surface area (Å²) < 4.78 is 17.1. The molecular formula is C42H54O7. The molecule has 0 spiro atoms. The van der Waals surface area contributed by atoms with E-state index in [-0.39, 0.29) is 32.3 Å². The Morgan fingerprint density at radius 2 is 1.12 bits per heavy atom. The molecule has 0 aliphatic heterocycles. The Balaban J connectivity index is 1.91. The van der Waals surface area contributed by atoms with Crippen LogP contribution in [0.5, 0.6) is 5.75 Å². The van der Waals surface area contributed by atoms with Crippen LogP contribution >= 0.6 is 0 Å². The summed E-state index contributed by atoms with van der Waals surface area (Å²) in [6.07, 6.45) is 7.62. The maximum Gasteiger partial charge on any atom is 0.333 e. The Kier molecular flexibility index (Phi) is 16.8. The number of carbonyl (C=O) groups excluding carboxylic acids is 2. The summed E-state index contributed by atoms with van der Waals surface area (Å²) in [4.78, 5) is 24.0. The molecule has 7 nitrogen and oxygen atoms in total. The number of carbonyl (C=O) groups is 2. The summed E-state index contributed by atoms with van der Waals surface area (Å²) in [5, 5.41) is 19.2. The van der Waals surface area contributed by atoms with E-state index in [1.807, 2.05) is 0 Å². The maximum atomic E-state index is 12.0. The van der Waals surface area contributed by atoms with E-state index in [1.54, 1.807) is 13.8 Å². The Labute approximate surface area is 292 Å². The summed E-state index contributed by atoms with van der Waals surface area (Å²) in [6, 6.07) is 21.6. The highest BCUT2D eigenvalue weighted by molar-refractivity contribution is 5.87. The second-order valence-electron chi connectivity index (χ2n) is 12.8. The average molecular weight is 671 g/mol. The van der Waals surface area contributed by atoms with Gasteiger partial charge in [0, 0.05) is 30.3 Å². The molecule has 3 rings (SSSR count). The monoisotopic (exact) mass is 670 g/mol. The highest BCUT2D eigenvalue weighted by atomic mass is 16.5. The molecule has 0 aliphatic rings. The van der Waals surface area contributed by atoms with Gasteiger partial charge in [-0.3, -0.25) is 0 Å². The van der Waals surface area contributed by atoms with Gasteiger partial charge < -0.3 is 24.4 Å². The van der Waals surface area contributed by atoms with Crippen LogP contribution in [0.25, 0.3) is 22.3 Å². The fraction of sp³-hybridized carbons (Fsp3) is 0.429. The molecule has 3 aromatic carbocycles. The molecule has 2 N–H and O–H groups in total. The van der Waals surface area contributed by atoms with Crippen LogP contribution in [0.1, 0.15) is 76.0 Å². The number of rotatable bonds is 22. The number of hydrogen-bond acceptors (Lipinski definition) is 7. The van der Waals surface area contributed by atoms with Crippen LogP contribution in [0, 0.1) is 5.92 Å². The van der Waals surface area contributed by atoms with Crippen LogP contribution in [0.2, 0.25) is 0 Å². The smallest absolute Gasteiger partial charge is 0.333 e. The van der Waals surface area contributed by atoms with Crippen LogP contribution in [-0.4, -0.2) is 55.2 Å². The van der Waals surface area contributed by atoms with E-state index in [9.17, 15) is 19.8 Å². The van der Waals surface area contributed by atoms with Gasteiger partial charge >= 0.3 is 11.9 Å². The normalized spacial score (nSPS) is 11.0. The van der Waals surface area contributed by atoms with E-state index in [4.69, 9.17) is 14.2 Å². The largest absolute Gasteiger partial charge is 0.493 e. The molecule has 0 atom stereocenters. The van der Waals surface area contributed by atoms with Crippen molar-refractivity contribution in [3.63, 3.8) is 0 Å². The topological polar surface area (TPSA) is 102 Å². The lowest BCUT2D eigenvalue weighted by Gasteiger charge is -2.20. The molecule has 0 fully saturated rings. The van der Waals surface area contributed by atoms with Crippen LogP contribution < -0.4 is 4.74 Å². The van der Waals surface area contributed by atoms with E-state index in [1.165, 1.54) is 30.4 Å². The molecule has 0 unspecified atom stereocenters. The van der Waals surface area contributed by atoms with Gasteiger partial charge in [-0.1, -0.05) is 81.5 Å². The van der Waals surface area contributed by atoms with Gasteiger partial charge in [-0.15, -0.1) is 0 Å². The van der Waals surface area contributed by atoms with Gasteiger partial charge in [0.25, 0.3) is 0 Å². The zero-order valence-electron chi connectivity index (χ0n) is 29.6. The summed E-state index contributed by atoms with van der Waals surface area (Å²) in [7, 11) is 0. The van der Waals surface area contributed by atoms with Gasteiger partial charge in [0.2, 0.25) is 0 Å². The van der Waals surface area contributed by atoms with Gasteiger partial charge in [-0.25, -0.2) is 9.59 Å². The Bertz CT molecular complexity index is 1450. The quantitative estimate of drug-likeness (QED) is 0.0631. The van der Waals surface area contributed by atoms with E-state index >= 15 is 0 Å². The second-order valence-corrected chi connectivity index (χ2v) is 12.8. The Hall–Kier alpha value is -4.20. The van der Waals surface area contributed by atoms with Crippen molar-refractivity contribution in [2.75, 3.05) is 33.0 Å². The number of benzene rings is 3. The predicted molar refractivity (Wildman–Crippen MR) is 197 cm³/mol. The molecule has 49 heavy (non-hydrogen) atoms. The first-order valence-electron chi connectivity index (χ1n) is 17.5. The lowest BCUT2D eigenvalue weighted by molar-refractivity contribution is -0.139. The molecule has 0 heterocycles. The highest BCUT2D eigenvalue weighted by Crippen LogP contribution is 2.34. The Morgan fingerprint density at radius 1 is 0.653 bits per heavy atom. The van der Waals surface area contributed by atoms with Crippen molar-refractivity contribution in [1.29, 1.82) is 0 Å². The molecule has 0 amide bonds. The Morgan fingerprint density at radius 3 is 1.57 bits per heavy atom. The maximum absolute atomic E-state index is 12.0. The first-order chi connectivity index (χ1) is 23.7. The predicted octanol–water partition coefficient (Wildman–Crippen LogP) is 8.23. The second kappa shape index (κ2) is 21.0. The van der Waals surface area contributed by atoms with E-state index in [2.05, 4.69) is 80.7 Å². The number of hydrogen-bond donors (Lipinski definition) is 2. The fourth-order valence-electron chi connectivity index (χ4n) is 5.45. The zero-order chi connectivity index (χ0) is 35.6. The molecule has 0 aliphatic carbocycles. The minimum Gasteiger partial charge on any atom is -0.493 e. The van der Waals surface area contributed by atoms with E-state index in [0.29, 0.717) is 49.9 Å². The minimum atomic E-state index is -0.416. The fourth-order valence-corrected chi connectivity index (χ4v) is 5.45. The summed E-state index contributed by atoms with van der Waals surface area (Å²) in [5.74, 6) is -0.377. The van der Waals surface area contributed by atoms with Gasteiger partial charge in [-0.05, 0) is 110 Å². The minimum absolute atomic E-state index is 0.125. The van der Waals surface area contributed by atoms with Crippen molar-refractivity contribution in [1.82, 2.24) is 0 Å². The van der Waals surface area contributed by atoms with Crippen molar-refractivity contribution in [3.05, 3.63) is 102 Å².